The van der Waals surface area contributed by atoms with Crippen molar-refractivity contribution in [3.63, 3.8) is 0 Å². The van der Waals surface area contributed by atoms with Gasteiger partial charge in [0.2, 0.25) is 5.91 Å². The lowest BCUT2D eigenvalue weighted by Crippen LogP contribution is -2.43. The maximum absolute atomic E-state index is 11.2. The van der Waals surface area contributed by atoms with Crippen LogP contribution in [0, 0.1) is 0 Å². The summed E-state index contributed by atoms with van der Waals surface area (Å²) in [6, 6.07) is -0.447. The van der Waals surface area contributed by atoms with Crippen molar-refractivity contribution in [2.24, 2.45) is 5.73 Å². The molecule has 0 aromatic rings. The summed E-state index contributed by atoms with van der Waals surface area (Å²) in [6.45, 7) is 4.11. The Kier molecular flexibility index (Phi) is 5.90. The number of nitrogens with one attached hydrogen (secondary N) is 1. The number of amides is 1. The van der Waals surface area contributed by atoms with Gasteiger partial charge in [-0.2, -0.15) is 0 Å². The van der Waals surface area contributed by atoms with E-state index in [0.717, 1.165) is 0 Å². The second-order valence-corrected chi connectivity index (χ2v) is 4.87. The van der Waals surface area contributed by atoms with Gasteiger partial charge in [0.1, 0.15) is 0 Å². The monoisotopic (exact) mass is 206 g/mol. The van der Waals surface area contributed by atoms with Gasteiger partial charge in [0, 0.05) is 28.9 Å². The number of hydrogen-bond donors (Lipinski definition) is 2. The first kappa shape index (κ1) is 12.6. The predicted molar refractivity (Wildman–Crippen MR) is 54.8 cm³/mol. The summed E-state index contributed by atoms with van der Waals surface area (Å²) in [4.78, 5) is 11.2. The maximum atomic E-state index is 11.2. The summed E-state index contributed by atoms with van der Waals surface area (Å²) in [5.41, 5.74) is 5.49. The van der Waals surface area contributed by atoms with Gasteiger partial charge < -0.3 is 11.1 Å². The van der Waals surface area contributed by atoms with Crippen molar-refractivity contribution in [3.8, 4) is 0 Å². The van der Waals surface area contributed by atoms with E-state index < -0.39 is 16.8 Å². The maximum Gasteiger partial charge on any atom is 0.236 e. The zero-order valence-corrected chi connectivity index (χ0v) is 9.19. The van der Waals surface area contributed by atoms with Gasteiger partial charge >= 0.3 is 0 Å². The third-order valence-corrected chi connectivity index (χ3v) is 3.21. The van der Waals surface area contributed by atoms with E-state index in [1.807, 2.05) is 13.8 Å². The number of carbonyl (C=O) groups is 1. The molecule has 1 amide bonds. The fourth-order valence-electron chi connectivity index (χ4n) is 0.678. The van der Waals surface area contributed by atoms with Gasteiger partial charge in [-0.25, -0.2) is 0 Å². The highest BCUT2D eigenvalue weighted by atomic mass is 32.2. The van der Waals surface area contributed by atoms with E-state index in [1.165, 1.54) is 0 Å². The molecule has 0 radical (unpaired) electrons. The van der Waals surface area contributed by atoms with Gasteiger partial charge in [-0.3, -0.25) is 9.00 Å². The zero-order valence-electron chi connectivity index (χ0n) is 8.37. The lowest BCUT2D eigenvalue weighted by molar-refractivity contribution is -0.122. The van der Waals surface area contributed by atoms with E-state index in [0.29, 0.717) is 13.0 Å². The second-order valence-electron chi connectivity index (χ2n) is 3.07. The molecule has 78 valence electrons. The van der Waals surface area contributed by atoms with Gasteiger partial charge in [0.25, 0.3) is 0 Å². The lowest BCUT2D eigenvalue weighted by Gasteiger charge is -2.12. The molecule has 0 aromatic heterocycles. The Morgan fingerprint density at radius 3 is 2.54 bits per heavy atom. The first-order valence-electron chi connectivity index (χ1n) is 4.34. The molecule has 0 fully saturated rings. The van der Waals surface area contributed by atoms with E-state index in [9.17, 15) is 9.00 Å². The van der Waals surface area contributed by atoms with Gasteiger partial charge in [-0.1, -0.05) is 6.92 Å². The molecule has 3 atom stereocenters. The molecule has 0 heterocycles. The summed E-state index contributed by atoms with van der Waals surface area (Å²) in [6.07, 6.45) is 2.24. The minimum Gasteiger partial charge on any atom is -0.354 e. The molecule has 0 aliphatic heterocycles. The molecule has 4 nitrogen and oxygen atoms in total. The van der Waals surface area contributed by atoms with E-state index in [2.05, 4.69) is 5.32 Å². The van der Waals surface area contributed by atoms with Crippen LogP contribution in [0.2, 0.25) is 0 Å². The fourth-order valence-corrected chi connectivity index (χ4v) is 0.996. The van der Waals surface area contributed by atoms with Crippen molar-refractivity contribution in [2.45, 2.75) is 31.6 Å². The Morgan fingerprint density at radius 1 is 1.62 bits per heavy atom. The highest BCUT2D eigenvalue weighted by Gasteiger charge is 2.12. The third-order valence-electron chi connectivity index (χ3n) is 1.91. The predicted octanol–water partition coefficient (Wildman–Crippen LogP) is -0.393. The smallest absolute Gasteiger partial charge is 0.236 e. The van der Waals surface area contributed by atoms with Crippen LogP contribution in [0.25, 0.3) is 0 Å². The molecule has 13 heavy (non-hydrogen) atoms. The Morgan fingerprint density at radius 2 is 2.15 bits per heavy atom. The van der Waals surface area contributed by atoms with Crippen LogP contribution in [0.15, 0.2) is 0 Å². The van der Waals surface area contributed by atoms with Crippen molar-refractivity contribution in [1.82, 2.24) is 5.32 Å². The molecule has 0 aliphatic rings. The minimum absolute atomic E-state index is 0.0204. The molecule has 0 rings (SSSR count). The van der Waals surface area contributed by atoms with Crippen LogP contribution < -0.4 is 11.1 Å². The highest BCUT2D eigenvalue weighted by Crippen LogP contribution is 1.91. The Labute approximate surface area is 81.7 Å². The van der Waals surface area contributed by atoms with Crippen molar-refractivity contribution in [3.05, 3.63) is 0 Å². The second kappa shape index (κ2) is 6.10. The number of nitrogens with two attached hydrogens (primary N) is 1. The Balaban J connectivity index is 3.76. The summed E-state index contributed by atoms with van der Waals surface area (Å²) >= 11 is 0. The van der Waals surface area contributed by atoms with Crippen molar-refractivity contribution < 1.29 is 9.00 Å². The van der Waals surface area contributed by atoms with E-state index in [1.54, 1.807) is 6.26 Å². The molecule has 0 bridgehead atoms. The Bertz CT molecular complexity index is 197. The molecule has 0 aromatic carbocycles. The van der Waals surface area contributed by atoms with Crippen molar-refractivity contribution >= 4 is 16.7 Å². The van der Waals surface area contributed by atoms with Gasteiger partial charge in [-0.05, 0) is 13.3 Å². The highest BCUT2D eigenvalue weighted by molar-refractivity contribution is 7.84. The van der Waals surface area contributed by atoms with Crippen LogP contribution in [0.5, 0.6) is 0 Å². The van der Waals surface area contributed by atoms with E-state index in [4.69, 9.17) is 5.73 Å². The number of hydrogen-bond acceptors (Lipinski definition) is 3. The summed E-state index contributed by atoms with van der Waals surface area (Å²) in [5, 5.41) is 2.64. The first-order chi connectivity index (χ1) is 5.99. The largest absolute Gasteiger partial charge is 0.354 e. The fraction of sp³-hybridized carbons (Fsp3) is 0.875. The molecular formula is C8H18N2O2S. The molecule has 0 aliphatic carbocycles. The van der Waals surface area contributed by atoms with Crippen LogP contribution >= 0.6 is 0 Å². The standard InChI is InChI=1S/C8H18N2O2S/c1-4-7(9)8(11)10-5-6(2)13(3)12/h6-7H,4-5,9H2,1-3H3,(H,10,11)/t6?,7-,13?/m0/s1. The quantitative estimate of drug-likeness (QED) is 0.643. The van der Waals surface area contributed by atoms with Crippen LogP contribution in [-0.4, -0.2) is 34.2 Å². The summed E-state index contributed by atoms with van der Waals surface area (Å²) < 4.78 is 10.9. The average molecular weight is 206 g/mol. The Hall–Kier alpha value is -0.420. The molecular weight excluding hydrogens is 188 g/mol. The van der Waals surface area contributed by atoms with Crippen molar-refractivity contribution in [2.75, 3.05) is 12.8 Å². The van der Waals surface area contributed by atoms with Crippen LogP contribution in [0.1, 0.15) is 20.3 Å². The zero-order chi connectivity index (χ0) is 10.4. The normalized spacial score (nSPS) is 17.5. The minimum atomic E-state index is -0.897. The molecule has 0 saturated heterocycles. The van der Waals surface area contributed by atoms with Gasteiger partial charge in [0.15, 0.2) is 0 Å². The van der Waals surface area contributed by atoms with E-state index in [-0.39, 0.29) is 11.2 Å². The van der Waals surface area contributed by atoms with E-state index >= 15 is 0 Å². The first-order valence-corrected chi connectivity index (χ1v) is 5.96. The third kappa shape index (κ3) is 5.00. The van der Waals surface area contributed by atoms with Crippen LogP contribution in [0.3, 0.4) is 0 Å². The van der Waals surface area contributed by atoms with Crippen LogP contribution in [-0.2, 0) is 15.6 Å². The van der Waals surface area contributed by atoms with Crippen LogP contribution in [0.4, 0.5) is 0 Å². The van der Waals surface area contributed by atoms with Gasteiger partial charge in [0.05, 0.1) is 6.04 Å². The molecule has 3 N–H and O–H groups in total. The lowest BCUT2D eigenvalue weighted by atomic mass is 10.2. The summed E-state index contributed by atoms with van der Waals surface area (Å²) in [7, 11) is -0.897. The SMILES string of the molecule is CC[C@H](N)C(=O)NCC(C)S(C)=O. The average Bonchev–Trinajstić information content (AvgIpc) is 2.11. The number of rotatable bonds is 5. The molecule has 5 heteroatoms. The molecule has 2 unspecified atom stereocenters. The number of carbonyl (C=O) groups excluding carboxylic acids is 1. The molecule has 0 saturated carbocycles. The summed E-state index contributed by atoms with van der Waals surface area (Å²) in [5.74, 6) is -0.167. The molecule has 0 spiro atoms. The van der Waals surface area contributed by atoms with Gasteiger partial charge in [-0.15, -0.1) is 0 Å². The van der Waals surface area contributed by atoms with Crippen molar-refractivity contribution in [1.29, 1.82) is 0 Å². The topological polar surface area (TPSA) is 72.2 Å².